The molecule has 1 aromatic carbocycles. The van der Waals surface area contributed by atoms with Gasteiger partial charge in [-0.2, -0.15) is 0 Å². The molecule has 21 heavy (non-hydrogen) atoms. The minimum atomic E-state index is -3.85. The molecule has 0 aliphatic heterocycles. The maximum Gasteiger partial charge on any atom is 0.264 e. The van der Waals surface area contributed by atoms with Gasteiger partial charge in [-0.1, -0.05) is 5.16 Å². The van der Waals surface area contributed by atoms with E-state index < -0.39 is 15.9 Å². The molecule has 8 heteroatoms. The van der Waals surface area contributed by atoms with Gasteiger partial charge in [-0.05, 0) is 36.4 Å². The Kier molecular flexibility index (Phi) is 4.08. The predicted molar refractivity (Wildman–Crippen MR) is 74.5 cm³/mol. The molecule has 0 aliphatic rings. The van der Waals surface area contributed by atoms with Crippen molar-refractivity contribution in [3.8, 4) is 11.3 Å². The van der Waals surface area contributed by atoms with E-state index in [0.29, 0.717) is 17.1 Å². The van der Waals surface area contributed by atoms with Gasteiger partial charge < -0.3 is 9.62 Å². The van der Waals surface area contributed by atoms with Crippen LogP contribution in [0.3, 0.4) is 0 Å². The average molecular weight is 308 g/mol. The van der Waals surface area contributed by atoms with Crippen LogP contribution in [0.5, 0.6) is 0 Å². The molecular formula is C13H12N2O5S. The van der Waals surface area contributed by atoms with E-state index in [1.54, 1.807) is 24.3 Å². The number of amides is 1. The number of oxime groups is 1. The summed E-state index contributed by atoms with van der Waals surface area (Å²) < 4.78 is 30.8. The van der Waals surface area contributed by atoms with Gasteiger partial charge in [0.05, 0.1) is 4.90 Å². The Balaban J connectivity index is 2.28. The predicted octanol–water partition coefficient (Wildman–Crippen LogP) is 1.58. The second-order valence-electron chi connectivity index (χ2n) is 4.13. The van der Waals surface area contributed by atoms with Crippen molar-refractivity contribution in [2.45, 2.75) is 11.8 Å². The summed E-state index contributed by atoms with van der Waals surface area (Å²) in [5.74, 6) is 0.203. The largest absolute Gasteiger partial charge is 0.455 e. The van der Waals surface area contributed by atoms with Crippen LogP contribution in [0.4, 0.5) is 0 Å². The number of rotatable bonds is 4. The fraction of sp³-hybridized carbons (Fsp3) is 0.0769. The minimum Gasteiger partial charge on any atom is -0.455 e. The fourth-order valence-electron chi connectivity index (χ4n) is 1.68. The molecule has 7 nitrogen and oxygen atoms in total. The van der Waals surface area contributed by atoms with Gasteiger partial charge in [-0.15, -0.1) is 0 Å². The number of benzene rings is 1. The summed E-state index contributed by atoms with van der Waals surface area (Å²) in [6.07, 6.45) is 1.14. The molecule has 1 heterocycles. The molecule has 0 fully saturated rings. The highest BCUT2D eigenvalue weighted by atomic mass is 32.2. The van der Waals surface area contributed by atoms with Crippen molar-refractivity contribution in [1.29, 1.82) is 0 Å². The van der Waals surface area contributed by atoms with E-state index in [0.717, 1.165) is 13.1 Å². The third-order valence-electron chi connectivity index (χ3n) is 2.54. The van der Waals surface area contributed by atoms with E-state index in [2.05, 4.69) is 5.16 Å². The van der Waals surface area contributed by atoms with Gasteiger partial charge >= 0.3 is 0 Å². The first-order chi connectivity index (χ1) is 9.92. The first-order valence-corrected chi connectivity index (χ1v) is 7.32. The molecule has 0 spiro atoms. The number of hydrogen-bond donors (Lipinski definition) is 2. The van der Waals surface area contributed by atoms with Gasteiger partial charge in [-0.3, -0.25) is 4.79 Å². The second kappa shape index (κ2) is 5.80. The summed E-state index contributed by atoms with van der Waals surface area (Å²) in [5.41, 5.74) is 0.648. The summed E-state index contributed by atoms with van der Waals surface area (Å²) in [6, 6.07) is 9.10. The molecule has 110 valence electrons. The smallest absolute Gasteiger partial charge is 0.264 e. The lowest BCUT2D eigenvalue weighted by molar-refractivity contribution is -0.117. The molecule has 1 amide bonds. The summed E-state index contributed by atoms with van der Waals surface area (Å²) >= 11 is 0. The zero-order chi connectivity index (χ0) is 15.5. The van der Waals surface area contributed by atoms with Gasteiger partial charge in [0.2, 0.25) is 5.91 Å². The standard InChI is InChI=1S/C13H12N2O5S/c1-9(16)15-21(18,19)12-5-2-10(3-6-12)13-7-4-11(20-13)8-14-17/h2-8,17H,1H3,(H,15,16). The molecule has 0 bridgehead atoms. The highest BCUT2D eigenvalue weighted by Crippen LogP contribution is 2.23. The molecule has 1 aromatic heterocycles. The van der Waals surface area contributed by atoms with E-state index in [1.165, 1.54) is 12.1 Å². The van der Waals surface area contributed by atoms with Crippen LogP contribution in [0, 0.1) is 0 Å². The summed E-state index contributed by atoms with van der Waals surface area (Å²) in [5, 5.41) is 11.3. The third kappa shape index (κ3) is 3.48. The third-order valence-corrected chi connectivity index (χ3v) is 3.99. The zero-order valence-corrected chi connectivity index (χ0v) is 11.8. The minimum absolute atomic E-state index is 0.0230. The van der Waals surface area contributed by atoms with Gasteiger partial charge in [0.15, 0.2) is 0 Å². The van der Waals surface area contributed by atoms with E-state index >= 15 is 0 Å². The average Bonchev–Trinajstić information content (AvgIpc) is 2.86. The first-order valence-electron chi connectivity index (χ1n) is 5.83. The summed E-state index contributed by atoms with van der Waals surface area (Å²) in [4.78, 5) is 10.8. The van der Waals surface area contributed by atoms with Crippen molar-refractivity contribution in [2.75, 3.05) is 0 Å². The molecule has 0 atom stereocenters. The normalized spacial score (nSPS) is 11.7. The van der Waals surface area contributed by atoms with E-state index in [9.17, 15) is 13.2 Å². The van der Waals surface area contributed by atoms with Gasteiger partial charge in [0.25, 0.3) is 10.0 Å². The van der Waals surface area contributed by atoms with Crippen LogP contribution in [-0.2, 0) is 14.8 Å². The molecule has 0 aliphatic carbocycles. The lowest BCUT2D eigenvalue weighted by Gasteiger charge is -2.05. The van der Waals surface area contributed by atoms with Gasteiger partial charge in [0.1, 0.15) is 17.7 Å². The number of sulfonamides is 1. The number of nitrogens with one attached hydrogen (secondary N) is 1. The molecule has 2 rings (SSSR count). The molecule has 2 N–H and O–H groups in total. The Labute approximate surface area is 120 Å². The van der Waals surface area contributed by atoms with Crippen LogP contribution in [-0.4, -0.2) is 25.7 Å². The van der Waals surface area contributed by atoms with Crippen LogP contribution >= 0.6 is 0 Å². The maximum absolute atomic E-state index is 11.8. The highest BCUT2D eigenvalue weighted by molar-refractivity contribution is 7.90. The first kappa shape index (κ1) is 14.8. The molecule has 0 saturated heterocycles. The molecule has 0 unspecified atom stereocenters. The Morgan fingerprint density at radius 1 is 1.24 bits per heavy atom. The second-order valence-corrected chi connectivity index (χ2v) is 5.82. The van der Waals surface area contributed by atoms with Gasteiger partial charge in [0, 0.05) is 12.5 Å². The van der Waals surface area contributed by atoms with Crippen molar-refractivity contribution < 1.29 is 22.8 Å². The molecule has 2 aromatic rings. The van der Waals surface area contributed by atoms with Crippen molar-refractivity contribution in [2.24, 2.45) is 5.16 Å². The van der Waals surface area contributed by atoms with Gasteiger partial charge in [-0.25, -0.2) is 13.1 Å². The van der Waals surface area contributed by atoms with Crippen LogP contribution < -0.4 is 4.72 Å². The molecule has 0 radical (unpaired) electrons. The van der Waals surface area contributed by atoms with Crippen molar-refractivity contribution >= 4 is 22.1 Å². The summed E-state index contributed by atoms with van der Waals surface area (Å²) in [7, 11) is -3.85. The fourth-order valence-corrected chi connectivity index (χ4v) is 2.67. The SMILES string of the molecule is CC(=O)NS(=O)(=O)c1ccc(-c2ccc(C=NO)o2)cc1. The van der Waals surface area contributed by atoms with Crippen LogP contribution in [0.25, 0.3) is 11.3 Å². The van der Waals surface area contributed by atoms with Crippen LogP contribution in [0.2, 0.25) is 0 Å². The van der Waals surface area contributed by atoms with Crippen LogP contribution in [0.1, 0.15) is 12.7 Å². The Hall–Kier alpha value is -2.61. The van der Waals surface area contributed by atoms with E-state index in [-0.39, 0.29) is 4.90 Å². The molecular weight excluding hydrogens is 296 g/mol. The lowest BCUT2D eigenvalue weighted by atomic mass is 10.2. The number of furan rings is 1. The van der Waals surface area contributed by atoms with E-state index in [4.69, 9.17) is 9.62 Å². The Morgan fingerprint density at radius 2 is 1.90 bits per heavy atom. The van der Waals surface area contributed by atoms with Crippen LogP contribution in [0.15, 0.2) is 50.9 Å². The quantitative estimate of drug-likeness (QED) is 0.506. The Morgan fingerprint density at radius 3 is 2.48 bits per heavy atom. The number of carbonyl (C=O) groups is 1. The molecule has 0 saturated carbocycles. The van der Waals surface area contributed by atoms with Crippen molar-refractivity contribution in [1.82, 2.24) is 4.72 Å². The number of hydrogen-bond acceptors (Lipinski definition) is 6. The number of carbonyl (C=O) groups excluding carboxylic acids is 1. The maximum atomic E-state index is 11.8. The monoisotopic (exact) mass is 308 g/mol. The number of nitrogens with zero attached hydrogens (tertiary/aromatic N) is 1. The van der Waals surface area contributed by atoms with Crippen molar-refractivity contribution in [3.63, 3.8) is 0 Å². The van der Waals surface area contributed by atoms with Crippen molar-refractivity contribution in [3.05, 3.63) is 42.2 Å². The highest BCUT2D eigenvalue weighted by Gasteiger charge is 2.15. The zero-order valence-electron chi connectivity index (χ0n) is 11.0. The Bertz CT molecular complexity index is 775. The topological polar surface area (TPSA) is 109 Å². The summed E-state index contributed by atoms with van der Waals surface area (Å²) in [6.45, 7) is 1.12. The lowest BCUT2D eigenvalue weighted by Crippen LogP contribution is -2.28. The van der Waals surface area contributed by atoms with E-state index in [1.807, 2.05) is 4.72 Å².